The van der Waals surface area contributed by atoms with Crippen LogP contribution in [-0.2, 0) is 20.7 Å². The minimum Gasteiger partial charge on any atom is -0.493 e. The summed E-state index contributed by atoms with van der Waals surface area (Å²) in [7, 11) is 3.30. The van der Waals surface area contributed by atoms with E-state index in [0.717, 1.165) is 24.8 Å². The first-order valence-electron chi connectivity index (χ1n) is 13.9. The van der Waals surface area contributed by atoms with Crippen LogP contribution in [0.15, 0.2) is 18.2 Å². The first kappa shape index (κ1) is 31.7. The number of rotatable bonds is 15. The van der Waals surface area contributed by atoms with Crippen molar-refractivity contribution in [3.05, 3.63) is 23.8 Å². The van der Waals surface area contributed by atoms with Crippen molar-refractivity contribution < 1.29 is 33.6 Å². The second kappa shape index (κ2) is 14.6. The molecule has 1 amide bonds. The molecule has 0 aromatic heterocycles. The van der Waals surface area contributed by atoms with Gasteiger partial charge in [-0.1, -0.05) is 26.8 Å². The van der Waals surface area contributed by atoms with Gasteiger partial charge in [-0.3, -0.25) is 4.79 Å². The van der Waals surface area contributed by atoms with Crippen LogP contribution in [0.25, 0.3) is 0 Å². The van der Waals surface area contributed by atoms with Gasteiger partial charge < -0.3 is 29.0 Å². The van der Waals surface area contributed by atoms with Crippen molar-refractivity contribution in [1.82, 2.24) is 4.90 Å². The summed E-state index contributed by atoms with van der Waals surface area (Å²) in [5.74, 6) is 1.53. The number of hydrogen-bond acceptors (Lipinski definition) is 6. The van der Waals surface area contributed by atoms with E-state index in [-0.39, 0.29) is 35.9 Å². The molecule has 8 nitrogen and oxygen atoms in total. The van der Waals surface area contributed by atoms with Gasteiger partial charge in [-0.25, -0.2) is 4.79 Å². The topological polar surface area (TPSA) is 94.5 Å². The summed E-state index contributed by atoms with van der Waals surface area (Å²) < 4.78 is 22.2. The molecule has 216 valence electrons. The lowest BCUT2D eigenvalue weighted by molar-refractivity contribution is -0.145. The van der Waals surface area contributed by atoms with Gasteiger partial charge in [0.15, 0.2) is 11.5 Å². The highest BCUT2D eigenvalue weighted by Gasteiger charge is 2.39. The van der Waals surface area contributed by atoms with Gasteiger partial charge in [-0.15, -0.1) is 0 Å². The second-order valence-corrected chi connectivity index (χ2v) is 11.8. The maximum Gasteiger partial charge on any atom is 0.407 e. The van der Waals surface area contributed by atoms with Crippen molar-refractivity contribution in [1.29, 1.82) is 0 Å². The number of carboxylic acid groups (broad SMARTS) is 1. The van der Waals surface area contributed by atoms with Gasteiger partial charge in [0.05, 0.1) is 19.6 Å². The molecule has 2 rings (SSSR count). The number of aryl methyl sites for hydroxylation is 1. The number of ether oxygens (including phenoxy) is 4. The molecular formula is C30H49NO7. The molecule has 0 bridgehead atoms. The largest absolute Gasteiger partial charge is 0.493 e. The van der Waals surface area contributed by atoms with Gasteiger partial charge in [-0.2, -0.15) is 0 Å². The van der Waals surface area contributed by atoms with Gasteiger partial charge in [0, 0.05) is 31.7 Å². The fourth-order valence-electron chi connectivity index (χ4n) is 5.31. The van der Waals surface area contributed by atoms with Crippen molar-refractivity contribution in [3.63, 3.8) is 0 Å². The molecule has 4 atom stereocenters. The highest BCUT2D eigenvalue weighted by atomic mass is 16.6. The third-order valence-corrected chi connectivity index (χ3v) is 7.48. The van der Waals surface area contributed by atoms with Crippen molar-refractivity contribution in [2.45, 2.75) is 97.8 Å². The summed E-state index contributed by atoms with van der Waals surface area (Å²) in [4.78, 5) is 26.3. The van der Waals surface area contributed by atoms with E-state index in [1.807, 2.05) is 52.8 Å². The fraction of sp³-hybridized carbons (Fsp3) is 0.733. The Bertz CT molecular complexity index is 895. The number of nitrogens with zero attached hydrogens (tertiary/aromatic N) is 1. The van der Waals surface area contributed by atoms with Crippen LogP contribution in [0.2, 0.25) is 0 Å². The zero-order valence-electron chi connectivity index (χ0n) is 24.6. The minimum absolute atomic E-state index is 0.0740. The van der Waals surface area contributed by atoms with E-state index in [9.17, 15) is 14.7 Å². The maximum atomic E-state index is 12.4. The molecule has 1 aromatic carbocycles. The Balaban J connectivity index is 2.13. The van der Waals surface area contributed by atoms with Crippen LogP contribution < -0.4 is 9.47 Å². The Morgan fingerprint density at radius 3 is 2.39 bits per heavy atom. The van der Waals surface area contributed by atoms with E-state index < -0.39 is 11.6 Å². The molecule has 8 heteroatoms. The molecule has 1 fully saturated rings. The van der Waals surface area contributed by atoms with Gasteiger partial charge in [0.2, 0.25) is 0 Å². The Morgan fingerprint density at radius 2 is 1.84 bits per heavy atom. The normalized spacial score (nSPS) is 19.2. The summed E-state index contributed by atoms with van der Waals surface area (Å²) in [5, 5.41) is 10.2. The second-order valence-electron chi connectivity index (χ2n) is 11.8. The molecule has 38 heavy (non-hydrogen) atoms. The molecule has 1 aromatic rings. The standard InChI is InChI=1S/C30H49NO7/c1-20(2)24-19-23(38-28(24)32)13-14-25(31(29(33)34)30(4,5)6)21(3)10-11-22-12-15-26(36-8)27(18-22)37-17-9-16-35-7/h12,15,18,20-21,23-25H,9-11,13-14,16-17,19H2,1-8H3,(H,33,34)/t21?,23-,24-,25?/m0/s1. The van der Waals surface area contributed by atoms with Crippen molar-refractivity contribution >= 4 is 12.1 Å². The van der Waals surface area contributed by atoms with Gasteiger partial charge >= 0.3 is 12.1 Å². The Morgan fingerprint density at radius 1 is 1.13 bits per heavy atom. The highest BCUT2D eigenvalue weighted by molar-refractivity contribution is 5.74. The molecule has 1 aliphatic heterocycles. The number of methoxy groups -OCH3 is 2. The maximum absolute atomic E-state index is 12.4. The van der Waals surface area contributed by atoms with Gasteiger partial charge in [0.1, 0.15) is 6.10 Å². The summed E-state index contributed by atoms with van der Waals surface area (Å²) in [5.41, 5.74) is 0.557. The third kappa shape index (κ3) is 9.07. The highest BCUT2D eigenvalue weighted by Crippen LogP contribution is 2.34. The lowest BCUT2D eigenvalue weighted by Crippen LogP contribution is -2.53. The predicted molar refractivity (Wildman–Crippen MR) is 148 cm³/mol. The van der Waals surface area contributed by atoms with E-state index in [4.69, 9.17) is 18.9 Å². The smallest absolute Gasteiger partial charge is 0.407 e. The van der Waals surface area contributed by atoms with Crippen molar-refractivity contribution in [2.24, 2.45) is 17.8 Å². The molecule has 1 N–H and O–H groups in total. The number of esters is 1. The molecule has 1 saturated heterocycles. The number of hydrogen-bond donors (Lipinski definition) is 1. The van der Waals surface area contributed by atoms with E-state index >= 15 is 0 Å². The molecule has 1 aliphatic rings. The zero-order valence-corrected chi connectivity index (χ0v) is 24.6. The average Bonchev–Trinajstić information content (AvgIpc) is 3.22. The van der Waals surface area contributed by atoms with Crippen LogP contribution in [0, 0.1) is 17.8 Å². The molecule has 0 spiro atoms. The number of cyclic esters (lactones) is 1. The van der Waals surface area contributed by atoms with Crippen LogP contribution in [-0.4, -0.2) is 67.2 Å². The number of amides is 1. The van der Waals surface area contributed by atoms with Crippen LogP contribution in [0.1, 0.15) is 79.2 Å². The first-order valence-corrected chi connectivity index (χ1v) is 13.9. The summed E-state index contributed by atoms with van der Waals surface area (Å²) >= 11 is 0. The first-order chi connectivity index (χ1) is 17.9. The quantitative estimate of drug-likeness (QED) is 0.211. The fourth-order valence-corrected chi connectivity index (χ4v) is 5.31. The molecule has 0 saturated carbocycles. The number of carbonyl (C=O) groups excluding carboxylic acids is 1. The average molecular weight is 536 g/mol. The molecular weight excluding hydrogens is 486 g/mol. The van der Waals surface area contributed by atoms with Crippen molar-refractivity contribution in [3.8, 4) is 11.5 Å². The summed E-state index contributed by atoms with van der Waals surface area (Å²) in [6.45, 7) is 13.2. The Hall–Kier alpha value is -2.48. The lowest BCUT2D eigenvalue weighted by atomic mass is 9.86. The summed E-state index contributed by atoms with van der Waals surface area (Å²) in [6, 6.07) is 5.76. The van der Waals surface area contributed by atoms with E-state index in [1.54, 1.807) is 19.1 Å². The van der Waals surface area contributed by atoms with Crippen LogP contribution in [0.4, 0.5) is 4.79 Å². The van der Waals surface area contributed by atoms with Gasteiger partial charge in [-0.05, 0) is 82.4 Å². The van der Waals surface area contributed by atoms with Crippen LogP contribution >= 0.6 is 0 Å². The Kier molecular flexibility index (Phi) is 12.2. The van der Waals surface area contributed by atoms with E-state index in [0.29, 0.717) is 44.0 Å². The molecule has 2 unspecified atom stereocenters. The molecule has 0 aliphatic carbocycles. The minimum atomic E-state index is -0.922. The molecule has 0 radical (unpaired) electrons. The number of benzene rings is 1. The van der Waals surface area contributed by atoms with Crippen LogP contribution in [0.3, 0.4) is 0 Å². The third-order valence-electron chi connectivity index (χ3n) is 7.48. The van der Waals surface area contributed by atoms with Gasteiger partial charge in [0.25, 0.3) is 0 Å². The Labute approximate surface area is 229 Å². The predicted octanol–water partition coefficient (Wildman–Crippen LogP) is 6.19. The van der Waals surface area contributed by atoms with Crippen molar-refractivity contribution in [2.75, 3.05) is 27.4 Å². The zero-order chi connectivity index (χ0) is 28.5. The number of carbonyl (C=O) groups is 2. The monoisotopic (exact) mass is 535 g/mol. The van der Waals surface area contributed by atoms with Crippen LogP contribution in [0.5, 0.6) is 11.5 Å². The molecule has 1 heterocycles. The SMILES string of the molecule is COCCCOc1cc(CCC(C)C(CC[C@H]2C[C@@H](C(C)C)C(=O)O2)N(C(=O)O)C(C)(C)C)ccc1OC. The lowest BCUT2D eigenvalue weighted by Gasteiger charge is -2.43. The summed E-state index contributed by atoms with van der Waals surface area (Å²) in [6.07, 6.45) is 3.30. The van der Waals surface area contributed by atoms with E-state index in [1.165, 1.54) is 0 Å². The van der Waals surface area contributed by atoms with E-state index in [2.05, 4.69) is 6.92 Å².